The first-order chi connectivity index (χ1) is 13.8. The van der Waals surface area contributed by atoms with Crippen LogP contribution in [-0.2, 0) is 29.1 Å². The molecule has 0 saturated carbocycles. The van der Waals surface area contributed by atoms with Crippen molar-refractivity contribution >= 4 is 33.6 Å². The van der Waals surface area contributed by atoms with E-state index in [-0.39, 0.29) is 16.1 Å². The van der Waals surface area contributed by atoms with Crippen LogP contribution >= 0.6 is 0 Å². The lowest BCUT2D eigenvalue weighted by atomic mass is 10.1. The molecule has 29 heavy (non-hydrogen) atoms. The molecule has 10 heteroatoms. The highest BCUT2D eigenvalue weighted by Crippen LogP contribution is 2.18. The first-order valence-corrected chi connectivity index (χ1v) is 9.86. The summed E-state index contributed by atoms with van der Waals surface area (Å²) < 4.78 is 36.4. The molecule has 2 rings (SSSR count). The van der Waals surface area contributed by atoms with Gasteiger partial charge in [-0.3, -0.25) is 19.1 Å². The van der Waals surface area contributed by atoms with Crippen LogP contribution in [-0.4, -0.2) is 58.5 Å². The molecular weight excluding hydrogens is 400 g/mol. The lowest BCUT2D eigenvalue weighted by Gasteiger charge is -2.20. The SMILES string of the molecule is COC(=O)CN(CC(=O)OC)C(=O)c1cccc(NS(=O)(=O)c2ccccc2)c1. The molecule has 2 aromatic carbocycles. The van der Waals surface area contributed by atoms with Crippen molar-refractivity contribution in [3.8, 4) is 0 Å². The van der Waals surface area contributed by atoms with Crippen LogP contribution in [0.1, 0.15) is 10.4 Å². The summed E-state index contributed by atoms with van der Waals surface area (Å²) in [6.07, 6.45) is 0. The number of carbonyl (C=O) groups excluding carboxylic acids is 3. The molecule has 0 heterocycles. The maximum absolute atomic E-state index is 12.8. The number of amides is 1. The normalized spacial score (nSPS) is 10.7. The van der Waals surface area contributed by atoms with E-state index in [1.165, 1.54) is 36.4 Å². The summed E-state index contributed by atoms with van der Waals surface area (Å²) in [5.41, 5.74) is 0.224. The van der Waals surface area contributed by atoms with Gasteiger partial charge in [0.25, 0.3) is 15.9 Å². The summed E-state index contributed by atoms with van der Waals surface area (Å²) in [5.74, 6) is -2.10. The molecule has 0 radical (unpaired) electrons. The quantitative estimate of drug-likeness (QED) is 0.639. The van der Waals surface area contributed by atoms with Crippen molar-refractivity contribution in [2.24, 2.45) is 0 Å². The van der Waals surface area contributed by atoms with E-state index in [9.17, 15) is 22.8 Å². The summed E-state index contributed by atoms with van der Waals surface area (Å²) >= 11 is 0. The van der Waals surface area contributed by atoms with Crippen LogP contribution < -0.4 is 4.72 Å². The molecule has 0 atom stereocenters. The third kappa shape index (κ3) is 6.04. The van der Waals surface area contributed by atoms with E-state index in [0.717, 1.165) is 19.1 Å². The molecule has 2 aromatic rings. The molecule has 1 N–H and O–H groups in total. The number of sulfonamides is 1. The first-order valence-electron chi connectivity index (χ1n) is 8.37. The number of methoxy groups -OCH3 is 2. The average Bonchev–Trinajstić information content (AvgIpc) is 2.73. The molecule has 0 aliphatic heterocycles. The Bertz CT molecular complexity index is 973. The number of rotatable bonds is 8. The minimum atomic E-state index is -3.85. The van der Waals surface area contributed by atoms with E-state index in [4.69, 9.17) is 0 Å². The summed E-state index contributed by atoms with van der Waals surface area (Å²) in [7, 11) is -1.54. The molecular formula is C19H20N2O7S. The molecule has 0 saturated heterocycles. The smallest absolute Gasteiger partial charge is 0.325 e. The predicted octanol–water partition coefficient (Wildman–Crippen LogP) is 1.28. The van der Waals surface area contributed by atoms with E-state index < -0.39 is 41.0 Å². The zero-order chi connectivity index (χ0) is 21.4. The van der Waals surface area contributed by atoms with Crippen molar-refractivity contribution in [2.75, 3.05) is 32.0 Å². The van der Waals surface area contributed by atoms with E-state index in [1.807, 2.05) is 0 Å². The molecule has 0 unspecified atom stereocenters. The highest BCUT2D eigenvalue weighted by Gasteiger charge is 2.23. The van der Waals surface area contributed by atoms with Crippen molar-refractivity contribution in [1.29, 1.82) is 0 Å². The van der Waals surface area contributed by atoms with Crippen LogP contribution in [0.25, 0.3) is 0 Å². The van der Waals surface area contributed by atoms with Crippen LogP contribution in [0.4, 0.5) is 5.69 Å². The second kappa shape index (κ2) is 9.69. The minimum Gasteiger partial charge on any atom is -0.468 e. The molecule has 154 valence electrons. The summed E-state index contributed by atoms with van der Waals surface area (Å²) in [4.78, 5) is 36.9. The van der Waals surface area contributed by atoms with Gasteiger partial charge in [0, 0.05) is 11.3 Å². The number of nitrogens with zero attached hydrogens (tertiary/aromatic N) is 1. The monoisotopic (exact) mass is 420 g/mol. The molecule has 0 bridgehead atoms. The standard InChI is InChI=1S/C19H20N2O7S/c1-27-17(22)12-21(13-18(23)28-2)19(24)14-7-6-8-15(11-14)20-29(25,26)16-9-4-3-5-10-16/h3-11,20H,12-13H2,1-2H3. The van der Waals surface area contributed by atoms with Gasteiger partial charge >= 0.3 is 11.9 Å². The molecule has 0 fully saturated rings. The Labute approximate surface area is 168 Å². The number of ether oxygens (including phenoxy) is 2. The Morgan fingerprint density at radius 1 is 0.897 bits per heavy atom. The van der Waals surface area contributed by atoms with Crippen LogP contribution in [0.15, 0.2) is 59.5 Å². The number of hydrogen-bond acceptors (Lipinski definition) is 7. The van der Waals surface area contributed by atoms with Gasteiger partial charge in [-0.25, -0.2) is 8.42 Å². The lowest BCUT2D eigenvalue weighted by molar-refractivity contribution is -0.144. The zero-order valence-corrected chi connectivity index (χ0v) is 16.6. The Kier molecular flexibility index (Phi) is 7.32. The maximum Gasteiger partial charge on any atom is 0.325 e. The van der Waals surface area contributed by atoms with Crippen molar-refractivity contribution in [1.82, 2.24) is 4.90 Å². The lowest BCUT2D eigenvalue weighted by Crippen LogP contribution is -2.40. The van der Waals surface area contributed by atoms with Gasteiger partial charge in [-0.2, -0.15) is 0 Å². The minimum absolute atomic E-state index is 0.0646. The maximum atomic E-state index is 12.8. The van der Waals surface area contributed by atoms with Gasteiger partial charge in [0.05, 0.1) is 19.1 Å². The third-order valence-electron chi connectivity index (χ3n) is 3.80. The van der Waals surface area contributed by atoms with Crippen LogP contribution in [0.2, 0.25) is 0 Å². The second-order valence-electron chi connectivity index (χ2n) is 5.81. The summed E-state index contributed by atoms with van der Waals surface area (Å²) in [6, 6.07) is 13.4. The Hall–Kier alpha value is -3.40. The largest absolute Gasteiger partial charge is 0.468 e. The van der Waals surface area contributed by atoms with E-state index in [2.05, 4.69) is 14.2 Å². The van der Waals surface area contributed by atoms with Crippen molar-refractivity contribution in [2.45, 2.75) is 4.90 Å². The van der Waals surface area contributed by atoms with E-state index in [1.54, 1.807) is 18.2 Å². The van der Waals surface area contributed by atoms with Gasteiger partial charge in [0.1, 0.15) is 13.1 Å². The van der Waals surface area contributed by atoms with Crippen LogP contribution in [0, 0.1) is 0 Å². The Morgan fingerprint density at radius 3 is 2.03 bits per heavy atom. The van der Waals surface area contributed by atoms with Gasteiger partial charge < -0.3 is 14.4 Å². The van der Waals surface area contributed by atoms with Gasteiger partial charge in [0.2, 0.25) is 0 Å². The Morgan fingerprint density at radius 2 is 1.48 bits per heavy atom. The molecule has 0 aliphatic rings. The van der Waals surface area contributed by atoms with E-state index >= 15 is 0 Å². The predicted molar refractivity (Wildman–Crippen MR) is 104 cm³/mol. The van der Waals surface area contributed by atoms with Gasteiger partial charge in [-0.1, -0.05) is 24.3 Å². The molecule has 0 spiro atoms. The number of esters is 2. The number of hydrogen-bond donors (Lipinski definition) is 1. The van der Waals surface area contributed by atoms with Gasteiger partial charge in [-0.15, -0.1) is 0 Å². The molecule has 9 nitrogen and oxygen atoms in total. The number of carbonyl (C=O) groups is 3. The first kappa shape index (κ1) is 21.9. The molecule has 0 aromatic heterocycles. The topological polar surface area (TPSA) is 119 Å². The van der Waals surface area contributed by atoms with Crippen LogP contribution in [0.3, 0.4) is 0 Å². The van der Waals surface area contributed by atoms with Crippen LogP contribution in [0.5, 0.6) is 0 Å². The molecule has 1 amide bonds. The fourth-order valence-corrected chi connectivity index (χ4v) is 3.42. The number of anilines is 1. The zero-order valence-electron chi connectivity index (χ0n) is 15.8. The fourth-order valence-electron chi connectivity index (χ4n) is 2.35. The summed E-state index contributed by atoms with van der Waals surface area (Å²) in [5, 5.41) is 0. The van der Waals surface area contributed by atoms with Gasteiger partial charge in [-0.05, 0) is 30.3 Å². The molecule has 0 aliphatic carbocycles. The van der Waals surface area contributed by atoms with Gasteiger partial charge in [0.15, 0.2) is 0 Å². The van der Waals surface area contributed by atoms with E-state index in [0.29, 0.717) is 0 Å². The average molecular weight is 420 g/mol. The van der Waals surface area contributed by atoms with Crippen molar-refractivity contribution in [3.05, 3.63) is 60.2 Å². The highest BCUT2D eigenvalue weighted by molar-refractivity contribution is 7.92. The van der Waals surface area contributed by atoms with Crippen molar-refractivity contribution < 1.29 is 32.3 Å². The third-order valence-corrected chi connectivity index (χ3v) is 5.19. The summed E-state index contributed by atoms with van der Waals surface area (Å²) in [6.45, 7) is -0.936. The number of nitrogens with one attached hydrogen (secondary N) is 1. The Balaban J connectivity index is 2.26. The highest BCUT2D eigenvalue weighted by atomic mass is 32.2. The fraction of sp³-hybridized carbons (Fsp3) is 0.211. The second-order valence-corrected chi connectivity index (χ2v) is 7.50. The van der Waals surface area contributed by atoms with Crippen molar-refractivity contribution in [3.63, 3.8) is 0 Å². The number of benzene rings is 2.